The number of anilines is 1. The Hall–Kier alpha value is -4.90. The van der Waals surface area contributed by atoms with Crippen LogP contribution in [0, 0.1) is 0 Å². The van der Waals surface area contributed by atoms with E-state index < -0.39 is 6.04 Å². The zero-order valence-corrected chi connectivity index (χ0v) is 21.6. The van der Waals surface area contributed by atoms with Crippen LogP contribution in [0.2, 0.25) is 0 Å². The van der Waals surface area contributed by atoms with Crippen LogP contribution in [0.1, 0.15) is 23.0 Å². The summed E-state index contributed by atoms with van der Waals surface area (Å²) in [5.41, 5.74) is 3.15. The molecule has 4 heterocycles. The maximum absolute atomic E-state index is 13.6. The zero-order valence-electron chi connectivity index (χ0n) is 21.6. The quantitative estimate of drug-likeness (QED) is 0.337. The number of benzene rings is 3. The summed E-state index contributed by atoms with van der Waals surface area (Å²) in [7, 11) is 0. The van der Waals surface area contributed by atoms with Gasteiger partial charge in [0.05, 0.1) is 12.1 Å². The Morgan fingerprint density at radius 1 is 0.925 bits per heavy atom. The van der Waals surface area contributed by atoms with Gasteiger partial charge in [-0.3, -0.25) is 9.69 Å². The summed E-state index contributed by atoms with van der Waals surface area (Å²) in [6, 6.07) is 22.4. The number of fused-ring (bicyclic) bond motifs is 2. The van der Waals surface area contributed by atoms with Crippen molar-refractivity contribution in [2.45, 2.75) is 12.6 Å². The Morgan fingerprint density at radius 2 is 1.68 bits per heavy atom. The first kappa shape index (κ1) is 24.2. The minimum Gasteiger partial charge on any atom is -0.508 e. The van der Waals surface area contributed by atoms with Crippen molar-refractivity contribution in [2.75, 3.05) is 37.9 Å². The highest BCUT2D eigenvalue weighted by Gasteiger charge is 2.33. The standard InChI is InChI=1S/C29H27N7O4/c37-22-8-6-21(7-9-22)34-10-12-35(13-11-34)27(28-31-32-33-36(28)17-19-4-2-1-3-5-19)23-14-20-15-25-26(40-18-39-25)16-24(20)30-29(23)38/h1-9,14-16,27,37H,10-13,17-18H2,(H,30,38)/t27-/m0/s1. The summed E-state index contributed by atoms with van der Waals surface area (Å²) in [6.45, 7) is 3.49. The van der Waals surface area contributed by atoms with E-state index in [2.05, 4.69) is 30.3 Å². The van der Waals surface area contributed by atoms with Crippen LogP contribution in [0.4, 0.5) is 5.69 Å². The molecule has 1 saturated heterocycles. The Labute approximate surface area is 229 Å². The van der Waals surface area contributed by atoms with E-state index in [1.807, 2.05) is 54.6 Å². The van der Waals surface area contributed by atoms with Gasteiger partial charge >= 0.3 is 0 Å². The molecule has 0 saturated carbocycles. The van der Waals surface area contributed by atoms with Crippen LogP contribution in [0.3, 0.4) is 0 Å². The Morgan fingerprint density at radius 3 is 2.45 bits per heavy atom. The van der Waals surface area contributed by atoms with Gasteiger partial charge in [-0.15, -0.1) is 5.10 Å². The molecule has 1 atom stereocenters. The fourth-order valence-electron chi connectivity index (χ4n) is 5.49. The summed E-state index contributed by atoms with van der Waals surface area (Å²) in [4.78, 5) is 21.2. The van der Waals surface area contributed by atoms with Gasteiger partial charge < -0.3 is 24.5 Å². The van der Waals surface area contributed by atoms with Crippen LogP contribution in [-0.2, 0) is 6.54 Å². The number of ether oxygens (including phenoxy) is 2. The van der Waals surface area contributed by atoms with E-state index in [1.165, 1.54) is 0 Å². The largest absolute Gasteiger partial charge is 0.508 e. The van der Waals surface area contributed by atoms with E-state index in [9.17, 15) is 9.90 Å². The van der Waals surface area contributed by atoms with Crippen LogP contribution in [-0.4, -0.2) is 68.2 Å². The number of aromatic amines is 1. The number of tetrazole rings is 1. The molecule has 0 unspecified atom stereocenters. The van der Waals surface area contributed by atoms with Gasteiger partial charge in [-0.1, -0.05) is 30.3 Å². The number of hydrogen-bond acceptors (Lipinski definition) is 9. The Kier molecular flexibility index (Phi) is 6.05. The molecule has 2 N–H and O–H groups in total. The first-order valence-corrected chi connectivity index (χ1v) is 13.2. The van der Waals surface area contributed by atoms with Crippen LogP contribution in [0.15, 0.2) is 77.6 Å². The predicted molar refractivity (Wildman–Crippen MR) is 148 cm³/mol. The summed E-state index contributed by atoms with van der Waals surface area (Å²) in [6.07, 6.45) is 0. The molecule has 0 aliphatic carbocycles. The van der Waals surface area contributed by atoms with Gasteiger partial charge in [-0.2, -0.15) is 0 Å². The number of rotatable bonds is 6. The number of phenols is 1. The third-order valence-corrected chi connectivity index (χ3v) is 7.53. The lowest BCUT2D eigenvalue weighted by molar-refractivity contribution is 0.174. The average molecular weight is 538 g/mol. The first-order valence-electron chi connectivity index (χ1n) is 13.2. The monoisotopic (exact) mass is 537 g/mol. The highest BCUT2D eigenvalue weighted by atomic mass is 16.7. The van der Waals surface area contributed by atoms with Gasteiger partial charge in [-0.25, -0.2) is 4.68 Å². The number of nitrogens with one attached hydrogen (secondary N) is 1. The molecule has 7 rings (SSSR count). The SMILES string of the molecule is O=c1[nH]c2cc3c(cc2cc1[C@@H](c1nnnn1Cc1ccccc1)N1CCN(c2ccc(O)cc2)CC1)OCO3. The molecule has 3 aromatic carbocycles. The molecule has 0 bridgehead atoms. The maximum atomic E-state index is 13.6. The second-order valence-corrected chi connectivity index (χ2v) is 9.97. The molecule has 2 aromatic heterocycles. The molecule has 2 aliphatic heterocycles. The van der Waals surface area contributed by atoms with Gasteiger partial charge in [0.15, 0.2) is 17.3 Å². The third-order valence-electron chi connectivity index (χ3n) is 7.53. The molecule has 11 nitrogen and oxygen atoms in total. The first-order chi connectivity index (χ1) is 19.6. The normalized spacial score (nSPS) is 15.9. The highest BCUT2D eigenvalue weighted by molar-refractivity contribution is 5.83. The van der Waals surface area contributed by atoms with Gasteiger partial charge in [0.1, 0.15) is 11.8 Å². The van der Waals surface area contributed by atoms with Crippen molar-refractivity contribution in [1.29, 1.82) is 0 Å². The zero-order chi connectivity index (χ0) is 27.1. The summed E-state index contributed by atoms with van der Waals surface area (Å²) < 4.78 is 12.9. The van der Waals surface area contributed by atoms with Crippen LogP contribution < -0.4 is 19.9 Å². The fraction of sp³-hybridized carbons (Fsp3) is 0.241. The predicted octanol–water partition coefficient (Wildman–Crippen LogP) is 2.91. The van der Waals surface area contributed by atoms with Crippen LogP contribution >= 0.6 is 0 Å². The molecular weight excluding hydrogens is 510 g/mol. The number of phenolic OH excluding ortho intramolecular Hbond substituents is 1. The molecule has 11 heteroatoms. The van der Waals surface area contributed by atoms with Crippen molar-refractivity contribution in [3.8, 4) is 17.2 Å². The highest BCUT2D eigenvalue weighted by Crippen LogP contribution is 2.36. The number of piperazine rings is 1. The molecule has 0 amide bonds. The van der Waals surface area contributed by atoms with Crippen LogP contribution in [0.5, 0.6) is 17.2 Å². The van der Waals surface area contributed by atoms with E-state index >= 15 is 0 Å². The van der Waals surface area contributed by atoms with E-state index in [4.69, 9.17) is 9.47 Å². The lowest BCUT2D eigenvalue weighted by Crippen LogP contribution is -2.49. The fourth-order valence-corrected chi connectivity index (χ4v) is 5.49. The summed E-state index contributed by atoms with van der Waals surface area (Å²) in [5, 5.41) is 23.3. The second-order valence-electron chi connectivity index (χ2n) is 9.97. The van der Waals surface area contributed by atoms with Crippen molar-refractivity contribution in [3.05, 3.63) is 100 Å². The minimum absolute atomic E-state index is 0.158. The van der Waals surface area contributed by atoms with Crippen LogP contribution in [0.25, 0.3) is 10.9 Å². The van der Waals surface area contributed by atoms with Gasteiger partial charge in [0.25, 0.3) is 5.56 Å². The summed E-state index contributed by atoms with van der Waals surface area (Å²) in [5.74, 6) is 2.11. The maximum Gasteiger partial charge on any atom is 0.253 e. The average Bonchev–Trinajstić information content (AvgIpc) is 3.63. The number of aromatic nitrogens is 5. The number of pyridine rings is 1. The molecular formula is C29H27N7O4. The van der Waals surface area contributed by atoms with E-state index in [0.29, 0.717) is 48.0 Å². The van der Waals surface area contributed by atoms with Crippen molar-refractivity contribution < 1.29 is 14.6 Å². The second kappa shape index (κ2) is 10.0. The number of aromatic hydroxyl groups is 1. The molecule has 0 spiro atoms. The smallest absolute Gasteiger partial charge is 0.253 e. The number of H-pyrrole nitrogens is 1. The van der Waals surface area contributed by atoms with Gasteiger partial charge in [-0.05, 0) is 52.4 Å². The summed E-state index contributed by atoms with van der Waals surface area (Å²) >= 11 is 0. The lowest BCUT2D eigenvalue weighted by Gasteiger charge is -2.39. The Balaban J connectivity index is 1.27. The molecule has 0 radical (unpaired) electrons. The molecule has 1 fully saturated rings. The van der Waals surface area contributed by atoms with E-state index in [0.717, 1.165) is 29.7 Å². The topological polar surface area (TPSA) is 122 Å². The number of hydrogen-bond donors (Lipinski definition) is 2. The molecule has 5 aromatic rings. The number of nitrogens with zero attached hydrogens (tertiary/aromatic N) is 6. The third kappa shape index (κ3) is 4.50. The van der Waals surface area contributed by atoms with Gasteiger partial charge in [0, 0.05) is 48.9 Å². The molecule has 202 valence electrons. The van der Waals surface area contributed by atoms with E-state index in [1.54, 1.807) is 22.9 Å². The van der Waals surface area contributed by atoms with Gasteiger partial charge in [0.2, 0.25) is 6.79 Å². The van der Waals surface area contributed by atoms with Crippen molar-refractivity contribution in [2.24, 2.45) is 0 Å². The Bertz CT molecular complexity index is 1710. The minimum atomic E-state index is -0.473. The van der Waals surface area contributed by atoms with Crippen molar-refractivity contribution in [3.63, 3.8) is 0 Å². The van der Waals surface area contributed by atoms with Crippen molar-refractivity contribution >= 4 is 16.6 Å². The van der Waals surface area contributed by atoms with Crippen molar-refractivity contribution in [1.82, 2.24) is 30.1 Å². The molecule has 2 aliphatic rings. The molecule has 40 heavy (non-hydrogen) atoms. The van der Waals surface area contributed by atoms with E-state index in [-0.39, 0.29) is 18.1 Å². The lowest BCUT2D eigenvalue weighted by atomic mass is 10.0.